The Hall–Kier alpha value is -4.88. The smallest absolute Gasteiger partial charge is 0.416 e. The number of alkyl halides is 3. The van der Waals surface area contributed by atoms with Gasteiger partial charge in [0.25, 0.3) is 0 Å². The third-order valence-corrected chi connectivity index (χ3v) is 8.47. The van der Waals surface area contributed by atoms with Crippen LogP contribution in [0.15, 0.2) is 72.8 Å². The number of aromatic amines is 1. The second-order valence-electron chi connectivity index (χ2n) is 11.6. The van der Waals surface area contributed by atoms with Gasteiger partial charge in [0.2, 0.25) is 5.82 Å². The van der Waals surface area contributed by atoms with Crippen LogP contribution in [-0.4, -0.2) is 77.2 Å². The maximum atomic E-state index is 13.5. The maximum absolute atomic E-state index is 13.5. The summed E-state index contributed by atoms with van der Waals surface area (Å²) >= 11 is 0. The summed E-state index contributed by atoms with van der Waals surface area (Å²) in [5.41, 5.74) is 4.02. The van der Waals surface area contributed by atoms with Crippen molar-refractivity contribution in [2.45, 2.75) is 45.6 Å². The number of nitrogens with one attached hydrogen (secondary N) is 1. The molecule has 2 aromatic heterocycles. The SMILES string of the molecule is CCCc1nc(CN2CCN(Cc3ccccc3C(F)(F)F)CC2)c(C(=O)O)n1Cc1ccc(-c2ccccc2-c2nn[nH]n2)cc1. The third-order valence-electron chi connectivity index (χ3n) is 8.47. The number of H-pyrrole nitrogens is 1. The minimum absolute atomic E-state index is 0.168. The topological polar surface area (TPSA) is 116 Å². The Bertz CT molecular complexity index is 1810. The van der Waals surface area contributed by atoms with Crippen LogP contribution in [-0.2, 0) is 32.2 Å². The van der Waals surface area contributed by atoms with Crippen molar-refractivity contribution in [3.63, 3.8) is 0 Å². The van der Waals surface area contributed by atoms with Crippen LogP contribution in [0.25, 0.3) is 22.5 Å². The highest BCUT2D eigenvalue weighted by Crippen LogP contribution is 2.33. The number of imidazole rings is 1. The Kier molecular flexibility index (Phi) is 9.45. The highest BCUT2D eigenvalue weighted by atomic mass is 19.4. The van der Waals surface area contributed by atoms with E-state index in [4.69, 9.17) is 4.98 Å². The minimum Gasteiger partial charge on any atom is -0.477 e. The zero-order chi connectivity index (χ0) is 33.0. The van der Waals surface area contributed by atoms with Gasteiger partial charge in [-0.2, -0.15) is 18.4 Å². The molecule has 0 spiro atoms. The monoisotopic (exact) mass is 644 g/mol. The molecule has 3 aromatic carbocycles. The largest absolute Gasteiger partial charge is 0.477 e. The number of nitrogens with zero attached hydrogens (tertiary/aromatic N) is 7. The molecule has 47 heavy (non-hydrogen) atoms. The standard InChI is InChI=1S/C34H35F3N8O2/c1-2-7-30-38-29(22-44-18-16-43(17-19-44)21-25-8-3-6-11-28(25)34(35,36)37)31(33(46)47)45(30)20-23-12-14-24(15-13-23)26-9-4-5-10-27(26)32-39-41-42-40-32/h3-6,8-15H,2,7,16-22H2,1H3,(H,46,47)(H,39,40,41,42). The lowest BCUT2D eigenvalue weighted by Crippen LogP contribution is -2.45. The summed E-state index contributed by atoms with van der Waals surface area (Å²) in [6.07, 6.45) is -2.97. The predicted molar refractivity (Wildman–Crippen MR) is 169 cm³/mol. The molecule has 1 fully saturated rings. The number of hydrogen-bond acceptors (Lipinski definition) is 7. The molecule has 6 rings (SSSR count). The lowest BCUT2D eigenvalue weighted by Gasteiger charge is -2.34. The van der Waals surface area contributed by atoms with Crippen LogP contribution in [0.4, 0.5) is 13.2 Å². The molecule has 3 heterocycles. The molecule has 0 bridgehead atoms. The summed E-state index contributed by atoms with van der Waals surface area (Å²) in [5, 5.41) is 24.8. The molecule has 1 aliphatic rings. The van der Waals surface area contributed by atoms with Crippen molar-refractivity contribution in [2.24, 2.45) is 0 Å². The van der Waals surface area contributed by atoms with E-state index in [1.54, 1.807) is 10.6 Å². The van der Waals surface area contributed by atoms with Crippen molar-refractivity contribution in [3.8, 4) is 22.5 Å². The van der Waals surface area contributed by atoms with Crippen molar-refractivity contribution in [2.75, 3.05) is 26.2 Å². The van der Waals surface area contributed by atoms with Crippen LogP contribution in [0, 0.1) is 0 Å². The number of aryl methyl sites for hydroxylation is 1. The molecule has 0 aliphatic carbocycles. The lowest BCUT2D eigenvalue weighted by molar-refractivity contribution is -0.138. The predicted octanol–water partition coefficient (Wildman–Crippen LogP) is 5.77. The zero-order valence-electron chi connectivity index (χ0n) is 25.9. The molecule has 5 aromatic rings. The third kappa shape index (κ3) is 7.26. The van der Waals surface area contributed by atoms with Gasteiger partial charge in [-0.05, 0) is 40.0 Å². The van der Waals surface area contributed by atoms with Crippen molar-refractivity contribution >= 4 is 5.97 Å². The van der Waals surface area contributed by atoms with E-state index >= 15 is 0 Å². The lowest BCUT2D eigenvalue weighted by atomic mass is 9.98. The van der Waals surface area contributed by atoms with E-state index in [0.29, 0.717) is 63.0 Å². The Balaban J connectivity index is 1.17. The molecule has 244 valence electrons. The van der Waals surface area contributed by atoms with Gasteiger partial charge in [0.1, 0.15) is 5.82 Å². The van der Waals surface area contributed by atoms with Crippen LogP contribution >= 0.6 is 0 Å². The van der Waals surface area contributed by atoms with E-state index < -0.39 is 17.7 Å². The number of hydrogen-bond donors (Lipinski definition) is 2. The fourth-order valence-electron chi connectivity index (χ4n) is 6.16. The highest BCUT2D eigenvalue weighted by molar-refractivity contribution is 5.87. The first-order valence-corrected chi connectivity index (χ1v) is 15.5. The van der Waals surface area contributed by atoms with Crippen LogP contribution in [0.3, 0.4) is 0 Å². The van der Waals surface area contributed by atoms with E-state index in [1.807, 2.05) is 60.4 Å². The average Bonchev–Trinajstić information content (AvgIpc) is 3.71. The first-order chi connectivity index (χ1) is 22.7. The summed E-state index contributed by atoms with van der Waals surface area (Å²) in [7, 11) is 0. The summed E-state index contributed by atoms with van der Waals surface area (Å²) in [6.45, 7) is 5.27. The Morgan fingerprint density at radius 3 is 2.17 bits per heavy atom. The molecular weight excluding hydrogens is 609 g/mol. The quantitative estimate of drug-likeness (QED) is 0.186. The summed E-state index contributed by atoms with van der Waals surface area (Å²) < 4.78 is 42.3. The molecule has 2 N–H and O–H groups in total. The minimum atomic E-state index is -4.40. The average molecular weight is 645 g/mol. The first-order valence-electron chi connectivity index (χ1n) is 15.5. The normalized spacial score (nSPS) is 14.5. The van der Waals surface area contributed by atoms with Crippen LogP contribution in [0.2, 0.25) is 0 Å². The van der Waals surface area contributed by atoms with Gasteiger partial charge in [-0.1, -0.05) is 73.7 Å². The van der Waals surface area contributed by atoms with Crippen molar-refractivity contribution in [1.82, 2.24) is 40.0 Å². The molecule has 1 aliphatic heterocycles. The number of halogens is 3. The second kappa shape index (κ2) is 13.9. The number of carboxylic acids is 1. The van der Waals surface area contributed by atoms with Gasteiger partial charge >= 0.3 is 12.1 Å². The molecule has 0 radical (unpaired) electrons. The van der Waals surface area contributed by atoms with Crippen molar-refractivity contribution < 1.29 is 23.1 Å². The number of tetrazole rings is 1. The number of aromatic nitrogens is 6. The fraction of sp³-hybridized carbons (Fsp3) is 0.324. The molecule has 1 saturated heterocycles. The molecule has 0 atom stereocenters. The number of benzene rings is 3. The van der Waals surface area contributed by atoms with E-state index in [9.17, 15) is 23.1 Å². The maximum Gasteiger partial charge on any atom is 0.416 e. The van der Waals surface area contributed by atoms with E-state index in [-0.39, 0.29) is 17.8 Å². The first kappa shape index (κ1) is 32.1. The number of piperazine rings is 1. The second-order valence-corrected chi connectivity index (χ2v) is 11.6. The zero-order valence-corrected chi connectivity index (χ0v) is 25.9. The summed E-state index contributed by atoms with van der Waals surface area (Å²) in [6, 6.07) is 21.4. The molecule has 0 saturated carbocycles. The van der Waals surface area contributed by atoms with E-state index in [0.717, 1.165) is 34.7 Å². The van der Waals surface area contributed by atoms with Crippen LogP contribution < -0.4 is 0 Å². The molecule has 0 unspecified atom stereocenters. The van der Waals surface area contributed by atoms with Crippen LogP contribution in [0.5, 0.6) is 0 Å². The van der Waals surface area contributed by atoms with Gasteiger partial charge in [-0.3, -0.25) is 9.80 Å². The fourth-order valence-corrected chi connectivity index (χ4v) is 6.16. The highest BCUT2D eigenvalue weighted by Gasteiger charge is 2.33. The number of carboxylic acid groups (broad SMARTS) is 1. The number of carbonyl (C=O) groups is 1. The molecule has 0 amide bonds. The van der Waals surface area contributed by atoms with E-state index in [1.165, 1.54) is 12.1 Å². The molecule has 10 nitrogen and oxygen atoms in total. The molecular formula is C34H35F3N8O2. The summed E-state index contributed by atoms with van der Waals surface area (Å²) in [5.74, 6) is 0.177. The Morgan fingerprint density at radius 1 is 0.872 bits per heavy atom. The van der Waals surface area contributed by atoms with Gasteiger partial charge < -0.3 is 9.67 Å². The van der Waals surface area contributed by atoms with Crippen molar-refractivity contribution in [1.29, 1.82) is 0 Å². The summed E-state index contributed by atoms with van der Waals surface area (Å²) in [4.78, 5) is 21.6. The molecule has 13 heteroatoms. The van der Waals surface area contributed by atoms with Crippen molar-refractivity contribution in [3.05, 3.63) is 107 Å². The van der Waals surface area contributed by atoms with E-state index in [2.05, 4.69) is 25.5 Å². The Morgan fingerprint density at radius 2 is 1.53 bits per heavy atom. The number of rotatable bonds is 11. The van der Waals surface area contributed by atoms with Gasteiger partial charge in [0.05, 0.1) is 11.3 Å². The van der Waals surface area contributed by atoms with Gasteiger partial charge in [0, 0.05) is 57.8 Å². The van der Waals surface area contributed by atoms with Gasteiger partial charge in [0.15, 0.2) is 5.69 Å². The Labute approximate surface area is 269 Å². The number of aromatic carboxylic acids is 1. The van der Waals surface area contributed by atoms with Crippen LogP contribution in [0.1, 0.15) is 52.0 Å². The van der Waals surface area contributed by atoms with Gasteiger partial charge in [-0.15, -0.1) is 10.2 Å². The van der Waals surface area contributed by atoms with Gasteiger partial charge in [-0.25, -0.2) is 9.78 Å².